The SMILES string of the molecule is COc1cc(F)cc(-c2cc(C)n3ncc(C(=O)N[C@@H](C)C4CC4)c3n2)c1. The summed E-state index contributed by atoms with van der Waals surface area (Å²) in [6.07, 6.45) is 3.83. The average Bonchev–Trinajstić information content (AvgIpc) is 3.40. The van der Waals surface area contributed by atoms with Crippen LogP contribution in [0.1, 0.15) is 35.8 Å². The highest BCUT2D eigenvalue weighted by Crippen LogP contribution is 2.32. The Hall–Kier alpha value is -2.96. The maximum Gasteiger partial charge on any atom is 0.256 e. The van der Waals surface area contributed by atoms with Gasteiger partial charge >= 0.3 is 0 Å². The molecule has 1 fully saturated rings. The van der Waals surface area contributed by atoms with Gasteiger partial charge in [-0.25, -0.2) is 13.9 Å². The van der Waals surface area contributed by atoms with Crippen molar-refractivity contribution in [3.63, 3.8) is 0 Å². The number of nitrogens with one attached hydrogen (secondary N) is 1. The number of ether oxygens (including phenoxy) is 1. The van der Waals surface area contributed by atoms with Gasteiger partial charge in [-0.05, 0) is 50.8 Å². The number of amides is 1. The van der Waals surface area contributed by atoms with E-state index in [4.69, 9.17) is 4.74 Å². The molecule has 1 saturated carbocycles. The second-order valence-electron chi connectivity index (χ2n) is 7.06. The number of hydrogen-bond donors (Lipinski definition) is 1. The average molecular weight is 368 g/mol. The summed E-state index contributed by atoms with van der Waals surface area (Å²) in [6.45, 7) is 3.89. The predicted octanol–water partition coefficient (Wildman–Crippen LogP) is 3.38. The topological polar surface area (TPSA) is 68.5 Å². The molecule has 0 unspecified atom stereocenters. The first-order valence-electron chi connectivity index (χ1n) is 8.97. The summed E-state index contributed by atoms with van der Waals surface area (Å²) in [7, 11) is 1.49. The minimum atomic E-state index is -0.409. The number of carbonyl (C=O) groups excluding carboxylic acids is 1. The third kappa shape index (κ3) is 3.37. The van der Waals surface area contributed by atoms with E-state index in [1.54, 1.807) is 10.6 Å². The van der Waals surface area contributed by atoms with Gasteiger partial charge < -0.3 is 10.1 Å². The van der Waals surface area contributed by atoms with Crippen LogP contribution in [0, 0.1) is 18.7 Å². The lowest BCUT2D eigenvalue weighted by Crippen LogP contribution is -2.34. The molecule has 2 aromatic heterocycles. The minimum Gasteiger partial charge on any atom is -0.497 e. The van der Waals surface area contributed by atoms with Crippen molar-refractivity contribution in [1.82, 2.24) is 19.9 Å². The van der Waals surface area contributed by atoms with E-state index in [-0.39, 0.29) is 11.9 Å². The Labute approximate surface area is 156 Å². The van der Waals surface area contributed by atoms with Gasteiger partial charge in [0, 0.05) is 23.4 Å². The van der Waals surface area contributed by atoms with E-state index in [0.29, 0.717) is 34.1 Å². The molecule has 0 aliphatic heterocycles. The van der Waals surface area contributed by atoms with Crippen molar-refractivity contribution in [2.45, 2.75) is 32.7 Å². The van der Waals surface area contributed by atoms with Gasteiger partial charge in [0.1, 0.15) is 17.1 Å². The summed E-state index contributed by atoms with van der Waals surface area (Å²) in [5, 5.41) is 7.32. The van der Waals surface area contributed by atoms with E-state index in [2.05, 4.69) is 15.4 Å². The quantitative estimate of drug-likeness (QED) is 0.750. The minimum absolute atomic E-state index is 0.129. The van der Waals surface area contributed by atoms with Gasteiger partial charge in [-0.3, -0.25) is 4.79 Å². The standard InChI is InChI=1S/C20H21FN4O2/c1-11-6-18(14-7-15(21)9-16(8-14)27-3)24-19-17(10-22-25(11)19)20(26)23-12(2)13-4-5-13/h6-10,12-13H,4-5H2,1-3H3,(H,23,26)/t12-/m0/s1. The Balaban J connectivity index is 1.75. The number of halogens is 1. The van der Waals surface area contributed by atoms with Crippen LogP contribution in [0.15, 0.2) is 30.5 Å². The normalized spacial score (nSPS) is 15.0. The number of benzene rings is 1. The molecule has 0 saturated heterocycles. The van der Waals surface area contributed by atoms with Crippen LogP contribution < -0.4 is 10.1 Å². The first-order valence-corrected chi connectivity index (χ1v) is 8.97. The molecule has 140 valence electrons. The van der Waals surface area contributed by atoms with Crippen LogP contribution >= 0.6 is 0 Å². The molecule has 7 heteroatoms. The number of rotatable bonds is 5. The molecule has 27 heavy (non-hydrogen) atoms. The summed E-state index contributed by atoms with van der Waals surface area (Å²) in [4.78, 5) is 17.3. The Morgan fingerprint density at radius 1 is 1.33 bits per heavy atom. The third-order valence-corrected chi connectivity index (χ3v) is 4.99. The largest absolute Gasteiger partial charge is 0.497 e. The van der Waals surface area contributed by atoms with Gasteiger partial charge in [-0.1, -0.05) is 0 Å². The number of aryl methyl sites for hydroxylation is 1. The van der Waals surface area contributed by atoms with Crippen LogP contribution in [-0.2, 0) is 0 Å². The fourth-order valence-corrected chi connectivity index (χ4v) is 3.25. The van der Waals surface area contributed by atoms with Crippen LogP contribution in [0.2, 0.25) is 0 Å². The summed E-state index contributed by atoms with van der Waals surface area (Å²) < 4.78 is 20.7. The number of methoxy groups -OCH3 is 1. The molecule has 0 radical (unpaired) electrons. The zero-order chi connectivity index (χ0) is 19.1. The highest BCUT2D eigenvalue weighted by molar-refractivity contribution is 6.00. The molecule has 1 aliphatic rings. The highest BCUT2D eigenvalue weighted by Gasteiger charge is 2.30. The first-order chi connectivity index (χ1) is 13.0. The molecule has 2 heterocycles. The fraction of sp³-hybridized carbons (Fsp3) is 0.350. The van der Waals surface area contributed by atoms with Crippen molar-refractivity contribution < 1.29 is 13.9 Å². The summed E-state index contributed by atoms with van der Waals surface area (Å²) >= 11 is 0. The first kappa shape index (κ1) is 17.5. The summed E-state index contributed by atoms with van der Waals surface area (Å²) in [6, 6.07) is 6.36. The third-order valence-electron chi connectivity index (χ3n) is 4.99. The molecule has 1 aromatic carbocycles. The second-order valence-corrected chi connectivity index (χ2v) is 7.06. The lowest BCUT2D eigenvalue weighted by Gasteiger charge is -2.12. The second kappa shape index (κ2) is 6.64. The zero-order valence-corrected chi connectivity index (χ0v) is 15.5. The van der Waals surface area contributed by atoms with E-state index >= 15 is 0 Å². The smallest absolute Gasteiger partial charge is 0.256 e. The highest BCUT2D eigenvalue weighted by atomic mass is 19.1. The molecule has 0 bridgehead atoms. The van der Waals surface area contributed by atoms with Crippen molar-refractivity contribution in [3.05, 3.63) is 47.5 Å². The van der Waals surface area contributed by atoms with E-state index < -0.39 is 5.82 Å². The van der Waals surface area contributed by atoms with Gasteiger partial charge in [-0.15, -0.1) is 0 Å². The molecule has 0 spiro atoms. The van der Waals surface area contributed by atoms with Crippen LogP contribution in [0.3, 0.4) is 0 Å². The molecule has 4 rings (SSSR count). The van der Waals surface area contributed by atoms with Crippen molar-refractivity contribution in [3.8, 4) is 17.0 Å². The van der Waals surface area contributed by atoms with Crippen LogP contribution in [0.5, 0.6) is 5.75 Å². The monoisotopic (exact) mass is 368 g/mol. The van der Waals surface area contributed by atoms with Crippen LogP contribution in [0.4, 0.5) is 4.39 Å². The Morgan fingerprint density at radius 3 is 2.81 bits per heavy atom. The van der Waals surface area contributed by atoms with Gasteiger partial charge in [0.15, 0.2) is 5.65 Å². The van der Waals surface area contributed by atoms with Gasteiger partial charge in [0.2, 0.25) is 0 Å². The number of carbonyl (C=O) groups is 1. The molecule has 1 amide bonds. The van der Waals surface area contributed by atoms with Crippen molar-refractivity contribution in [1.29, 1.82) is 0 Å². The number of hydrogen-bond acceptors (Lipinski definition) is 4. The molecule has 1 atom stereocenters. The number of aromatic nitrogens is 3. The van der Waals surface area contributed by atoms with Gasteiger partial charge in [-0.2, -0.15) is 5.10 Å². The van der Waals surface area contributed by atoms with E-state index in [1.807, 2.05) is 19.9 Å². The molecular weight excluding hydrogens is 347 g/mol. The fourth-order valence-electron chi connectivity index (χ4n) is 3.25. The lowest BCUT2D eigenvalue weighted by molar-refractivity contribution is 0.0937. The number of fused-ring (bicyclic) bond motifs is 1. The van der Waals surface area contributed by atoms with Crippen LogP contribution in [-0.4, -0.2) is 33.7 Å². The Morgan fingerprint density at radius 2 is 2.11 bits per heavy atom. The van der Waals surface area contributed by atoms with E-state index in [9.17, 15) is 9.18 Å². The molecule has 1 aliphatic carbocycles. The molecular formula is C20H21FN4O2. The Bertz CT molecular complexity index is 1030. The van der Waals surface area contributed by atoms with Gasteiger partial charge in [0.05, 0.1) is 19.0 Å². The van der Waals surface area contributed by atoms with E-state index in [1.165, 1.54) is 25.4 Å². The molecule has 1 N–H and O–H groups in total. The summed E-state index contributed by atoms with van der Waals surface area (Å²) in [5.74, 6) is 0.369. The Kier molecular flexibility index (Phi) is 4.30. The number of nitrogens with zero attached hydrogens (tertiary/aromatic N) is 3. The zero-order valence-electron chi connectivity index (χ0n) is 15.5. The molecule has 6 nitrogen and oxygen atoms in total. The van der Waals surface area contributed by atoms with E-state index in [0.717, 1.165) is 18.5 Å². The van der Waals surface area contributed by atoms with Gasteiger partial charge in [0.25, 0.3) is 5.91 Å². The van der Waals surface area contributed by atoms with Crippen molar-refractivity contribution in [2.75, 3.05) is 7.11 Å². The maximum absolute atomic E-state index is 13.9. The summed E-state index contributed by atoms with van der Waals surface area (Å²) in [5.41, 5.74) is 2.80. The lowest BCUT2D eigenvalue weighted by atomic mass is 10.1. The molecule has 3 aromatic rings. The predicted molar refractivity (Wildman–Crippen MR) is 99.3 cm³/mol. The van der Waals surface area contributed by atoms with Crippen molar-refractivity contribution in [2.24, 2.45) is 5.92 Å². The van der Waals surface area contributed by atoms with Crippen LogP contribution in [0.25, 0.3) is 16.9 Å². The van der Waals surface area contributed by atoms with Crippen molar-refractivity contribution >= 4 is 11.6 Å². The maximum atomic E-state index is 13.9.